The van der Waals surface area contributed by atoms with Crippen LogP contribution in [-0.4, -0.2) is 59.5 Å². The molecule has 1 amide bonds. The van der Waals surface area contributed by atoms with Crippen LogP contribution in [0, 0.1) is 0 Å². The predicted molar refractivity (Wildman–Crippen MR) is 94.1 cm³/mol. The largest absolute Gasteiger partial charge is 0.369 e. The van der Waals surface area contributed by atoms with Gasteiger partial charge in [-0.1, -0.05) is 18.2 Å². The second-order valence-electron chi connectivity index (χ2n) is 6.09. The van der Waals surface area contributed by atoms with E-state index in [0.29, 0.717) is 5.69 Å². The van der Waals surface area contributed by atoms with E-state index >= 15 is 0 Å². The Balaban J connectivity index is 1.45. The normalized spacial score (nSPS) is 16.6. The Morgan fingerprint density at radius 1 is 1.17 bits per heavy atom. The number of hydrogen-bond donors (Lipinski definition) is 1. The number of anilines is 1. The smallest absolute Gasteiger partial charge is 0.271 e. The van der Waals surface area contributed by atoms with E-state index in [1.807, 2.05) is 13.0 Å². The number of nitrogens with one attached hydrogen (secondary N) is 1. The Kier molecular flexibility index (Phi) is 5.38. The van der Waals surface area contributed by atoms with Gasteiger partial charge in [0, 0.05) is 56.8 Å². The molecule has 1 aromatic carbocycles. The lowest BCUT2D eigenvalue weighted by molar-refractivity contribution is 0.0922. The number of benzene rings is 1. The summed E-state index contributed by atoms with van der Waals surface area (Å²) in [5.74, 6) is -0.168. The first kappa shape index (κ1) is 16.4. The molecule has 1 atom stereocenters. The zero-order valence-corrected chi connectivity index (χ0v) is 13.9. The van der Waals surface area contributed by atoms with Gasteiger partial charge in [-0.2, -0.15) is 0 Å². The molecule has 1 N–H and O–H groups in total. The van der Waals surface area contributed by atoms with Crippen molar-refractivity contribution in [2.75, 3.05) is 37.6 Å². The first-order valence-electron chi connectivity index (χ1n) is 8.31. The second kappa shape index (κ2) is 7.88. The number of para-hydroxylation sites is 1. The summed E-state index contributed by atoms with van der Waals surface area (Å²) in [6.45, 7) is 6.89. The predicted octanol–water partition coefficient (Wildman–Crippen LogP) is 1.42. The van der Waals surface area contributed by atoms with Crippen LogP contribution in [0.25, 0.3) is 0 Å². The maximum absolute atomic E-state index is 12.1. The summed E-state index contributed by atoms with van der Waals surface area (Å²) in [7, 11) is 0. The van der Waals surface area contributed by atoms with E-state index in [0.717, 1.165) is 32.7 Å². The third-order valence-electron chi connectivity index (χ3n) is 4.20. The van der Waals surface area contributed by atoms with Gasteiger partial charge in [-0.05, 0) is 19.1 Å². The summed E-state index contributed by atoms with van der Waals surface area (Å²) in [5, 5.41) is 2.99. The minimum atomic E-state index is -0.168. The molecule has 0 saturated carbocycles. The lowest BCUT2D eigenvalue weighted by atomic mass is 10.2. The highest BCUT2D eigenvalue weighted by Crippen LogP contribution is 2.15. The summed E-state index contributed by atoms with van der Waals surface area (Å²) in [6.07, 6.45) is 4.58. The van der Waals surface area contributed by atoms with Gasteiger partial charge in [-0.25, -0.2) is 4.98 Å². The molecular formula is C18H23N5O. The van der Waals surface area contributed by atoms with E-state index < -0.39 is 0 Å². The van der Waals surface area contributed by atoms with Gasteiger partial charge in [-0.15, -0.1) is 0 Å². The number of hydrogen-bond acceptors (Lipinski definition) is 5. The van der Waals surface area contributed by atoms with Gasteiger partial charge in [0.15, 0.2) is 0 Å². The maximum Gasteiger partial charge on any atom is 0.271 e. The minimum Gasteiger partial charge on any atom is -0.369 e. The molecule has 0 unspecified atom stereocenters. The fourth-order valence-corrected chi connectivity index (χ4v) is 2.97. The van der Waals surface area contributed by atoms with Crippen molar-refractivity contribution in [2.45, 2.75) is 13.0 Å². The van der Waals surface area contributed by atoms with Crippen molar-refractivity contribution in [3.63, 3.8) is 0 Å². The molecule has 2 aromatic rings. The van der Waals surface area contributed by atoms with Crippen molar-refractivity contribution in [3.8, 4) is 0 Å². The first-order valence-corrected chi connectivity index (χ1v) is 8.31. The number of piperazine rings is 1. The summed E-state index contributed by atoms with van der Waals surface area (Å²) in [4.78, 5) is 24.8. The SMILES string of the molecule is C[C@H](CN1CCN(c2ccccc2)CC1)NC(=O)c1cnccn1. The van der Waals surface area contributed by atoms with Gasteiger partial charge in [0.1, 0.15) is 5.69 Å². The summed E-state index contributed by atoms with van der Waals surface area (Å²) < 4.78 is 0. The molecule has 2 heterocycles. The average molecular weight is 325 g/mol. The van der Waals surface area contributed by atoms with Crippen LogP contribution in [0.3, 0.4) is 0 Å². The average Bonchev–Trinajstić information content (AvgIpc) is 2.64. The van der Waals surface area contributed by atoms with Crippen LogP contribution in [0.15, 0.2) is 48.9 Å². The van der Waals surface area contributed by atoms with Gasteiger partial charge in [-0.3, -0.25) is 14.7 Å². The van der Waals surface area contributed by atoms with E-state index in [1.54, 1.807) is 6.20 Å². The number of carbonyl (C=O) groups is 1. The number of nitrogens with zero attached hydrogens (tertiary/aromatic N) is 4. The van der Waals surface area contributed by atoms with Gasteiger partial charge in [0.2, 0.25) is 0 Å². The molecule has 0 radical (unpaired) electrons. The van der Waals surface area contributed by atoms with Crippen molar-refractivity contribution in [1.82, 2.24) is 20.2 Å². The van der Waals surface area contributed by atoms with E-state index in [-0.39, 0.29) is 11.9 Å². The highest BCUT2D eigenvalue weighted by Gasteiger charge is 2.20. The molecule has 24 heavy (non-hydrogen) atoms. The second-order valence-corrected chi connectivity index (χ2v) is 6.09. The highest BCUT2D eigenvalue weighted by molar-refractivity contribution is 5.92. The van der Waals surface area contributed by atoms with Crippen LogP contribution in [0.2, 0.25) is 0 Å². The van der Waals surface area contributed by atoms with Crippen LogP contribution >= 0.6 is 0 Å². The molecule has 1 aliphatic rings. The number of aromatic nitrogens is 2. The molecule has 0 aliphatic carbocycles. The number of rotatable bonds is 5. The lowest BCUT2D eigenvalue weighted by Crippen LogP contribution is -2.50. The Labute approximate surface area is 142 Å². The quantitative estimate of drug-likeness (QED) is 0.901. The Bertz CT molecular complexity index is 641. The standard InChI is InChI=1S/C18H23N5O/c1-15(21-18(24)17-13-19-7-8-20-17)14-22-9-11-23(12-10-22)16-5-3-2-4-6-16/h2-8,13,15H,9-12,14H2,1H3,(H,21,24)/t15-/m1/s1. The number of amides is 1. The fourth-order valence-electron chi connectivity index (χ4n) is 2.97. The lowest BCUT2D eigenvalue weighted by Gasteiger charge is -2.37. The molecule has 6 nitrogen and oxygen atoms in total. The van der Waals surface area contributed by atoms with E-state index in [9.17, 15) is 4.79 Å². The van der Waals surface area contributed by atoms with Crippen LogP contribution in [-0.2, 0) is 0 Å². The monoisotopic (exact) mass is 325 g/mol. The summed E-state index contributed by atoms with van der Waals surface area (Å²) in [5.41, 5.74) is 1.64. The third kappa shape index (κ3) is 4.29. The highest BCUT2D eigenvalue weighted by atomic mass is 16.1. The molecule has 1 saturated heterocycles. The van der Waals surface area contributed by atoms with Crippen LogP contribution in [0.5, 0.6) is 0 Å². The number of carbonyl (C=O) groups excluding carboxylic acids is 1. The van der Waals surface area contributed by atoms with Gasteiger partial charge in [0.25, 0.3) is 5.91 Å². The van der Waals surface area contributed by atoms with Gasteiger partial charge in [0.05, 0.1) is 6.20 Å². The maximum atomic E-state index is 12.1. The van der Waals surface area contributed by atoms with Crippen LogP contribution in [0.4, 0.5) is 5.69 Å². The molecule has 1 aromatic heterocycles. The van der Waals surface area contributed by atoms with Crippen molar-refractivity contribution >= 4 is 11.6 Å². The Hall–Kier alpha value is -2.47. The Morgan fingerprint density at radius 3 is 2.58 bits per heavy atom. The first-order chi connectivity index (χ1) is 11.7. The molecular weight excluding hydrogens is 302 g/mol. The molecule has 0 spiro atoms. The van der Waals surface area contributed by atoms with Gasteiger partial charge < -0.3 is 10.2 Å². The molecule has 0 bridgehead atoms. The third-order valence-corrected chi connectivity index (χ3v) is 4.20. The topological polar surface area (TPSA) is 61.4 Å². The van der Waals surface area contributed by atoms with E-state index in [4.69, 9.17) is 0 Å². The van der Waals surface area contributed by atoms with E-state index in [1.165, 1.54) is 18.1 Å². The van der Waals surface area contributed by atoms with Crippen molar-refractivity contribution in [3.05, 3.63) is 54.6 Å². The molecule has 126 valence electrons. The van der Waals surface area contributed by atoms with Crippen LogP contribution < -0.4 is 10.2 Å². The van der Waals surface area contributed by atoms with Crippen LogP contribution in [0.1, 0.15) is 17.4 Å². The molecule has 1 fully saturated rings. The van der Waals surface area contributed by atoms with Gasteiger partial charge >= 0.3 is 0 Å². The van der Waals surface area contributed by atoms with Crippen molar-refractivity contribution < 1.29 is 4.79 Å². The molecule has 1 aliphatic heterocycles. The summed E-state index contributed by atoms with van der Waals surface area (Å²) >= 11 is 0. The minimum absolute atomic E-state index is 0.0720. The fraction of sp³-hybridized carbons (Fsp3) is 0.389. The van der Waals surface area contributed by atoms with Crippen molar-refractivity contribution in [1.29, 1.82) is 0 Å². The summed E-state index contributed by atoms with van der Waals surface area (Å²) in [6, 6.07) is 10.6. The zero-order chi connectivity index (χ0) is 16.8. The Morgan fingerprint density at radius 2 is 1.92 bits per heavy atom. The van der Waals surface area contributed by atoms with E-state index in [2.05, 4.69) is 49.4 Å². The zero-order valence-electron chi connectivity index (χ0n) is 13.9. The molecule has 6 heteroatoms. The molecule has 3 rings (SSSR count). The van der Waals surface area contributed by atoms with Crippen molar-refractivity contribution in [2.24, 2.45) is 0 Å².